The van der Waals surface area contributed by atoms with Gasteiger partial charge in [-0.15, -0.1) is 0 Å². The van der Waals surface area contributed by atoms with Gasteiger partial charge in [0.1, 0.15) is 5.60 Å². The molecule has 1 heterocycles. The molecular formula is C17H18N2O4. The van der Waals surface area contributed by atoms with Crippen LogP contribution in [0.25, 0.3) is 11.3 Å². The molecule has 0 aliphatic rings. The lowest BCUT2D eigenvalue weighted by atomic mass is 10.0. The largest absolute Gasteiger partial charge is 0.478 e. The van der Waals surface area contributed by atoms with Crippen molar-refractivity contribution in [2.24, 2.45) is 0 Å². The SMILES string of the molecule is CC(C)(C)OC(=O)c1ccc(-c2ccc(C(=O)O)cn2)c(N)c1. The van der Waals surface area contributed by atoms with Crippen molar-refractivity contribution in [3.05, 3.63) is 47.7 Å². The van der Waals surface area contributed by atoms with Gasteiger partial charge in [-0.2, -0.15) is 0 Å². The minimum Gasteiger partial charge on any atom is -0.478 e. The van der Waals surface area contributed by atoms with Crippen LogP contribution in [0.2, 0.25) is 0 Å². The predicted octanol–water partition coefficient (Wildman–Crippen LogP) is 2.98. The van der Waals surface area contributed by atoms with Crippen molar-refractivity contribution in [3.63, 3.8) is 0 Å². The van der Waals surface area contributed by atoms with Gasteiger partial charge in [0, 0.05) is 17.4 Å². The summed E-state index contributed by atoms with van der Waals surface area (Å²) in [5.74, 6) is -1.50. The van der Waals surface area contributed by atoms with Crippen LogP contribution in [0.4, 0.5) is 5.69 Å². The Morgan fingerprint density at radius 2 is 1.78 bits per heavy atom. The summed E-state index contributed by atoms with van der Waals surface area (Å²) in [4.78, 5) is 26.9. The number of aromatic nitrogens is 1. The molecule has 2 aromatic rings. The number of carbonyl (C=O) groups excluding carboxylic acids is 1. The van der Waals surface area contributed by atoms with E-state index < -0.39 is 17.5 Å². The van der Waals surface area contributed by atoms with Crippen molar-refractivity contribution < 1.29 is 19.4 Å². The maximum atomic E-state index is 12.0. The maximum Gasteiger partial charge on any atom is 0.338 e. The molecule has 2 rings (SSSR count). The second-order valence-corrected chi connectivity index (χ2v) is 6.04. The minimum absolute atomic E-state index is 0.0951. The van der Waals surface area contributed by atoms with Crippen LogP contribution < -0.4 is 5.73 Å². The number of rotatable bonds is 3. The molecule has 0 saturated carbocycles. The highest BCUT2D eigenvalue weighted by molar-refractivity contribution is 5.93. The number of benzene rings is 1. The molecule has 6 heteroatoms. The van der Waals surface area contributed by atoms with Crippen LogP contribution in [0.15, 0.2) is 36.5 Å². The summed E-state index contributed by atoms with van der Waals surface area (Å²) in [5, 5.41) is 8.88. The zero-order chi connectivity index (χ0) is 17.2. The molecule has 0 spiro atoms. The number of pyridine rings is 1. The van der Waals surface area contributed by atoms with E-state index in [1.807, 2.05) is 0 Å². The lowest BCUT2D eigenvalue weighted by Crippen LogP contribution is -2.23. The van der Waals surface area contributed by atoms with Crippen LogP contribution in [-0.2, 0) is 4.74 Å². The van der Waals surface area contributed by atoms with Crippen LogP contribution >= 0.6 is 0 Å². The number of ether oxygens (including phenoxy) is 1. The number of nitrogens with two attached hydrogens (primary N) is 1. The van der Waals surface area contributed by atoms with Crippen LogP contribution in [0.1, 0.15) is 41.5 Å². The molecule has 6 nitrogen and oxygen atoms in total. The summed E-state index contributed by atoms with van der Waals surface area (Å²) >= 11 is 0. The molecule has 0 aliphatic carbocycles. The van der Waals surface area contributed by atoms with Crippen molar-refractivity contribution in [2.75, 3.05) is 5.73 Å². The molecule has 1 aromatic carbocycles. The van der Waals surface area contributed by atoms with Gasteiger partial charge in [0.15, 0.2) is 0 Å². The van der Waals surface area contributed by atoms with Crippen molar-refractivity contribution in [3.8, 4) is 11.3 Å². The number of nitrogen functional groups attached to an aromatic ring is 1. The number of carboxylic acid groups (broad SMARTS) is 1. The summed E-state index contributed by atoms with van der Waals surface area (Å²) in [6.45, 7) is 5.36. The fraction of sp³-hybridized carbons (Fsp3) is 0.235. The molecule has 3 N–H and O–H groups in total. The number of carbonyl (C=O) groups is 2. The fourth-order valence-electron chi connectivity index (χ4n) is 1.94. The summed E-state index contributed by atoms with van der Waals surface area (Å²) in [7, 11) is 0. The molecule has 0 saturated heterocycles. The highest BCUT2D eigenvalue weighted by Gasteiger charge is 2.18. The standard InChI is InChI=1S/C17H18N2O4/c1-17(2,3)23-16(22)10-4-6-12(13(18)8-10)14-7-5-11(9-19-14)15(20)21/h4-9H,18H2,1-3H3,(H,20,21). The van der Waals surface area contributed by atoms with Gasteiger partial charge < -0.3 is 15.6 Å². The Labute approximate surface area is 133 Å². The second kappa shape index (κ2) is 6.08. The Kier molecular flexibility index (Phi) is 4.36. The van der Waals surface area contributed by atoms with Gasteiger partial charge in [0.25, 0.3) is 0 Å². The molecule has 0 amide bonds. The smallest absolute Gasteiger partial charge is 0.338 e. The predicted molar refractivity (Wildman–Crippen MR) is 86.2 cm³/mol. The molecule has 120 valence electrons. The first kappa shape index (κ1) is 16.5. The Bertz CT molecular complexity index is 746. The number of carboxylic acids is 1. The Hall–Kier alpha value is -2.89. The van der Waals surface area contributed by atoms with Gasteiger partial charge >= 0.3 is 11.9 Å². The first-order valence-corrected chi connectivity index (χ1v) is 7.00. The highest BCUT2D eigenvalue weighted by Crippen LogP contribution is 2.26. The monoisotopic (exact) mass is 314 g/mol. The third kappa shape index (κ3) is 4.06. The van der Waals surface area contributed by atoms with E-state index in [4.69, 9.17) is 15.6 Å². The van der Waals surface area contributed by atoms with Gasteiger partial charge in [-0.3, -0.25) is 4.98 Å². The number of hydrogen-bond donors (Lipinski definition) is 2. The molecule has 0 fully saturated rings. The zero-order valence-corrected chi connectivity index (χ0v) is 13.2. The van der Waals surface area contributed by atoms with Gasteiger partial charge in [0.2, 0.25) is 0 Å². The van der Waals surface area contributed by atoms with E-state index in [9.17, 15) is 9.59 Å². The molecular weight excluding hydrogens is 296 g/mol. The molecule has 0 atom stereocenters. The first-order valence-electron chi connectivity index (χ1n) is 7.00. The van der Waals surface area contributed by atoms with Crippen LogP contribution in [0.5, 0.6) is 0 Å². The van der Waals surface area contributed by atoms with E-state index in [0.717, 1.165) is 0 Å². The summed E-state index contributed by atoms with van der Waals surface area (Å²) < 4.78 is 5.29. The number of nitrogens with zero attached hydrogens (tertiary/aromatic N) is 1. The van der Waals surface area contributed by atoms with E-state index in [1.54, 1.807) is 39.0 Å². The maximum absolute atomic E-state index is 12.0. The lowest BCUT2D eigenvalue weighted by molar-refractivity contribution is 0.00694. The van der Waals surface area contributed by atoms with E-state index >= 15 is 0 Å². The minimum atomic E-state index is -1.04. The lowest BCUT2D eigenvalue weighted by Gasteiger charge is -2.19. The van der Waals surface area contributed by atoms with E-state index in [2.05, 4.69) is 4.98 Å². The zero-order valence-electron chi connectivity index (χ0n) is 13.2. The van der Waals surface area contributed by atoms with Crippen LogP contribution in [0, 0.1) is 0 Å². The van der Waals surface area contributed by atoms with Crippen molar-refractivity contribution >= 4 is 17.6 Å². The van der Waals surface area contributed by atoms with Gasteiger partial charge in [-0.05, 0) is 51.1 Å². The summed E-state index contributed by atoms with van der Waals surface area (Å²) in [6, 6.07) is 7.81. The number of esters is 1. The molecule has 0 bridgehead atoms. The van der Waals surface area contributed by atoms with Crippen LogP contribution in [-0.4, -0.2) is 27.6 Å². The van der Waals surface area contributed by atoms with Crippen LogP contribution in [0.3, 0.4) is 0 Å². The molecule has 1 aromatic heterocycles. The molecule has 0 unspecified atom stereocenters. The normalized spacial score (nSPS) is 11.1. The van der Waals surface area contributed by atoms with Gasteiger partial charge in [0.05, 0.1) is 16.8 Å². The van der Waals surface area contributed by atoms with E-state index in [0.29, 0.717) is 22.5 Å². The highest BCUT2D eigenvalue weighted by atomic mass is 16.6. The van der Waals surface area contributed by atoms with Crippen molar-refractivity contribution in [2.45, 2.75) is 26.4 Å². The fourth-order valence-corrected chi connectivity index (χ4v) is 1.94. The number of anilines is 1. The van der Waals surface area contributed by atoms with E-state index in [-0.39, 0.29) is 5.56 Å². The average Bonchev–Trinajstić information content (AvgIpc) is 2.45. The molecule has 23 heavy (non-hydrogen) atoms. The molecule has 0 aliphatic heterocycles. The van der Waals surface area contributed by atoms with E-state index in [1.165, 1.54) is 18.3 Å². The summed E-state index contributed by atoms with van der Waals surface area (Å²) in [6.07, 6.45) is 1.26. The third-order valence-corrected chi connectivity index (χ3v) is 2.97. The Morgan fingerprint density at radius 1 is 1.13 bits per heavy atom. The topological polar surface area (TPSA) is 103 Å². The molecule has 0 radical (unpaired) electrons. The Balaban J connectivity index is 2.29. The quantitative estimate of drug-likeness (QED) is 0.667. The van der Waals surface area contributed by atoms with Gasteiger partial charge in [-0.25, -0.2) is 9.59 Å². The Morgan fingerprint density at radius 3 is 2.26 bits per heavy atom. The summed E-state index contributed by atoms with van der Waals surface area (Å²) in [5.41, 5.74) is 7.36. The number of hydrogen-bond acceptors (Lipinski definition) is 5. The average molecular weight is 314 g/mol. The number of aromatic carboxylic acids is 1. The van der Waals surface area contributed by atoms with Gasteiger partial charge in [-0.1, -0.05) is 0 Å². The third-order valence-electron chi connectivity index (χ3n) is 2.97. The van der Waals surface area contributed by atoms with Crippen molar-refractivity contribution in [1.29, 1.82) is 0 Å². The first-order chi connectivity index (χ1) is 10.7. The second-order valence-electron chi connectivity index (χ2n) is 6.04. The van der Waals surface area contributed by atoms with Crippen molar-refractivity contribution in [1.82, 2.24) is 4.98 Å².